The van der Waals surface area contributed by atoms with Crippen LogP contribution in [0.4, 0.5) is 5.69 Å². The van der Waals surface area contributed by atoms with Crippen molar-refractivity contribution in [3.05, 3.63) is 28.2 Å². The van der Waals surface area contributed by atoms with Gasteiger partial charge >= 0.3 is 5.97 Å². The van der Waals surface area contributed by atoms with Crippen molar-refractivity contribution in [2.75, 3.05) is 19.0 Å². The van der Waals surface area contributed by atoms with Gasteiger partial charge in [0, 0.05) is 23.1 Å². The molecule has 1 rings (SSSR count). The van der Waals surface area contributed by atoms with E-state index in [-0.39, 0.29) is 5.97 Å². The number of ether oxygens (including phenoxy) is 1. The molecule has 0 spiro atoms. The minimum atomic E-state index is -0.149. The zero-order chi connectivity index (χ0) is 14.1. The molecule has 0 unspecified atom stereocenters. The number of hydrogen-bond donors (Lipinski definition) is 1. The summed E-state index contributed by atoms with van der Waals surface area (Å²) in [6, 6.07) is 7.67. The van der Waals surface area contributed by atoms with Gasteiger partial charge < -0.3 is 10.1 Å². The van der Waals surface area contributed by atoms with Crippen molar-refractivity contribution in [3.63, 3.8) is 0 Å². The van der Waals surface area contributed by atoms with Crippen molar-refractivity contribution in [3.8, 4) is 6.07 Å². The average molecular weight is 325 g/mol. The molecule has 0 aromatic heterocycles. The van der Waals surface area contributed by atoms with E-state index in [0.717, 1.165) is 36.0 Å². The molecule has 1 aromatic rings. The molecule has 0 aliphatic heterocycles. The quantitative estimate of drug-likeness (QED) is 0.616. The molecule has 0 aliphatic carbocycles. The number of anilines is 1. The summed E-state index contributed by atoms with van der Waals surface area (Å²) in [5, 5.41) is 12.1. The van der Waals surface area contributed by atoms with E-state index in [4.69, 9.17) is 5.26 Å². The molecule has 0 amide bonds. The monoisotopic (exact) mass is 324 g/mol. The van der Waals surface area contributed by atoms with Crippen LogP contribution in [-0.2, 0) is 9.53 Å². The van der Waals surface area contributed by atoms with Crippen molar-refractivity contribution in [2.24, 2.45) is 0 Å². The van der Waals surface area contributed by atoms with Gasteiger partial charge in [-0.3, -0.25) is 4.79 Å². The van der Waals surface area contributed by atoms with Gasteiger partial charge in [0.2, 0.25) is 0 Å². The molecule has 1 aromatic carbocycles. The molecule has 0 bridgehead atoms. The summed E-state index contributed by atoms with van der Waals surface area (Å²) in [7, 11) is 1.41. The lowest BCUT2D eigenvalue weighted by Crippen LogP contribution is -2.03. The van der Waals surface area contributed by atoms with Crippen LogP contribution in [0.2, 0.25) is 0 Å². The Bertz CT molecular complexity index is 469. The third-order valence-electron chi connectivity index (χ3n) is 2.70. The van der Waals surface area contributed by atoms with E-state index in [1.165, 1.54) is 7.11 Å². The summed E-state index contributed by atoms with van der Waals surface area (Å²) in [5.74, 6) is -0.149. The van der Waals surface area contributed by atoms with E-state index < -0.39 is 0 Å². The van der Waals surface area contributed by atoms with Gasteiger partial charge in [-0.15, -0.1) is 0 Å². The average Bonchev–Trinajstić information content (AvgIpc) is 2.42. The molecule has 4 nitrogen and oxygen atoms in total. The van der Waals surface area contributed by atoms with Crippen molar-refractivity contribution < 1.29 is 9.53 Å². The maximum atomic E-state index is 10.9. The van der Waals surface area contributed by atoms with Crippen molar-refractivity contribution in [1.29, 1.82) is 5.26 Å². The number of unbranched alkanes of at least 4 members (excludes halogenated alkanes) is 2. The lowest BCUT2D eigenvalue weighted by atomic mass is 10.2. The van der Waals surface area contributed by atoms with E-state index in [1.54, 1.807) is 6.07 Å². The minimum absolute atomic E-state index is 0.149. The SMILES string of the molecule is COC(=O)CCCCCNc1ccc(C#N)c(Br)c1. The predicted molar refractivity (Wildman–Crippen MR) is 77.8 cm³/mol. The Morgan fingerprint density at radius 2 is 2.21 bits per heavy atom. The molecule has 0 saturated carbocycles. The Morgan fingerprint density at radius 3 is 2.84 bits per heavy atom. The van der Waals surface area contributed by atoms with Gasteiger partial charge in [-0.25, -0.2) is 0 Å². The number of nitrogens with zero attached hydrogens (tertiary/aromatic N) is 1. The molecular formula is C14H17BrN2O2. The summed E-state index contributed by atoms with van der Waals surface area (Å²) < 4.78 is 5.37. The van der Waals surface area contributed by atoms with Gasteiger partial charge in [-0.1, -0.05) is 6.42 Å². The maximum Gasteiger partial charge on any atom is 0.305 e. The molecule has 0 fully saturated rings. The highest BCUT2D eigenvalue weighted by molar-refractivity contribution is 9.10. The predicted octanol–water partition coefficient (Wildman–Crippen LogP) is 3.47. The van der Waals surface area contributed by atoms with Crippen LogP contribution < -0.4 is 5.32 Å². The van der Waals surface area contributed by atoms with Crippen LogP contribution in [0.15, 0.2) is 22.7 Å². The topological polar surface area (TPSA) is 62.1 Å². The fraction of sp³-hybridized carbons (Fsp3) is 0.429. The van der Waals surface area contributed by atoms with Crippen LogP contribution in [0.25, 0.3) is 0 Å². The van der Waals surface area contributed by atoms with Crippen LogP contribution in [0.1, 0.15) is 31.2 Å². The zero-order valence-corrected chi connectivity index (χ0v) is 12.5. The maximum absolute atomic E-state index is 10.9. The number of methoxy groups -OCH3 is 1. The zero-order valence-electron chi connectivity index (χ0n) is 10.9. The van der Waals surface area contributed by atoms with Crippen molar-refractivity contribution >= 4 is 27.6 Å². The van der Waals surface area contributed by atoms with Gasteiger partial charge in [0.05, 0.1) is 12.7 Å². The highest BCUT2D eigenvalue weighted by Gasteiger charge is 2.01. The van der Waals surface area contributed by atoms with Gasteiger partial charge in [-0.05, 0) is 47.0 Å². The number of carbonyl (C=O) groups is 1. The van der Waals surface area contributed by atoms with E-state index in [2.05, 4.69) is 32.1 Å². The lowest BCUT2D eigenvalue weighted by Gasteiger charge is -2.07. The van der Waals surface area contributed by atoms with E-state index in [1.807, 2.05) is 12.1 Å². The van der Waals surface area contributed by atoms with E-state index >= 15 is 0 Å². The number of carbonyl (C=O) groups excluding carboxylic acids is 1. The second-order valence-corrected chi connectivity index (χ2v) is 4.97. The Labute approximate surface area is 121 Å². The first-order valence-electron chi connectivity index (χ1n) is 6.17. The van der Waals surface area contributed by atoms with Crippen LogP contribution in [-0.4, -0.2) is 19.6 Å². The fourth-order valence-corrected chi connectivity index (χ4v) is 2.09. The molecule has 0 heterocycles. The summed E-state index contributed by atoms with van der Waals surface area (Å²) in [6.45, 7) is 0.847. The number of nitrogens with one attached hydrogen (secondary N) is 1. The van der Waals surface area contributed by atoms with Crippen molar-refractivity contribution in [2.45, 2.75) is 25.7 Å². The van der Waals surface area contributed by atoms with Gasteiger partial charge in [0.25, 0.3) is 0 Å². The largest absolute Gasteiger partial charge is 0.469 e. The molecule has 19 heavy (non-hydrogen) atoms. The van der Waals surface area contributed by atoms with Crippen LogP contribution in [0, 0.1) is 11.3 Å². The summed E-state index contributed by atoms with van der Waals surface area (Å²) in [5.41, 5.74) is 1.61. The second kappa shape index (κ2) is 8.54. The summed E-state index contributed by atoms with van der Waals surface area (Å²) in [4.78, 5) is 10.9. The molecule has 0 aliphatic rings. The summed E-state index contributed by atoms with van der Waals surface area (Å²) >= 11 is 3.35. The molecule has 5 heteroatoms. The molecule has 0 saturated heterocycles. The van der Waals surface area contributed by atoms with Gasteiger partial charge in [0.1, 0.15) is 6.07 Å². The van der Waals surface area contributed by atoms with Crippen molar-refractivity contribution in [1.82, 2.24) is 0 Å². The third-order valence-corrected chi connectivity index (χ3v) is 3.36. The first kappa shape index (κ1) is 15.5. The molecule has 102 valence electrons. The van der Waals surface area contributed by atoms with E-state index in [9.17, 15) is 4.79 Å². The third kappa shape index (κ3) is 5.75. The normalized spacial score (nSPS) is 9.74. The first-order chi connectivity index (χ1) is 9.17. The molecule has 0 radical (unpaired) electrons. The minimum Gasteiger partial charge on any atom is -0.469 e. The molecular weight excluding hydrogens is 308 g/mol. The first-order valence-corrected chi connectivity index (χ1v) is 6.97. The highest BCUT2D eigenvalue weighted by atomic mass is 79.9. The number of esters is 1. The Morgan fingerprint density at radius 1 is 1.42 bits per heavy atom. The number of nitriles is 1. The second-order valence-electron chi connectivity index (χ2n) is 4.12. The number of hydrogen-bond acceptors (Lipinski definition) is 4. The smallest absolute Gasteiger partial charge is 0.305 e. The standard InChI is InChI=1S/C14H17BrN2O2/c1-19-14(18)5-3-2-4-8-17-12-7-6-11(10-16)13(15)9-12/h6-7,9,17H,2-5,8H2,1H3. The van der Waals surface area contributed by atoms with Gasteiger partial charge in [0.15, 0.2) is 0 Å². The van der Waals surface area contributed by atoms with Gasteiger partial charge in [-0.2, -0.15) is 5.26 Å². The van der Waals surface area contributed by atoms with Crippen LogP contribution in [0.5, 0.6) is 0 Å². The highest BCUT2D eigenvalue weighted by Crippen LogP contribution is 2.20. The van der Waals surface area contributed by atoms with E-state index in [0.29, 0.717) is 12.0 Å². The number of halogens is 1. The molecule has 0 atom stereocenters. The lowest BCUT2D eigenvalue weighted by molar-refractivity contribution is -0.140. The number of benzene rings is 1. The Balaban J connectivity index is 2.21. The van der Waals surface area contributed by atoms with Crippen LogP contribution >= 0.6 is 15.9 Å². The number of rotatable bonds is 7. The Kier molecular flexibility index (Phi) is 6.98. The molecule has 1 N–H and O–H groups in total. The van der Waals surface area contributed by atoms with Crippen LogP contribution in [0.3, 0.4) is 0 Å². The summed E-state index contributed by atoms with van der Waals surface area (Å²) in [6.07, 6.45) is 3.32. The fourth-order valence-electron chi connectivity index (χ4n) is 1.62. The Hall–Kier alpha value is -1.54.